The molecule has 0 saturated carbocycles. The van der Waals surface area contributed by atoms with Crippen LogP contribution >= 0.6 is 27.5 Å². The summed E-state index contributed by atoms with van der Waals surface area (Å²) < 4.78 is 2.09. The average molecular weight is 360 g/mol. The molecule has 0 amide bonds. The maximum Gasteiger partial charge on any atom is 0.330 e. The van der Waals surface area contributed by atoms with Crippen molar-refractivity contribution < 1.29 is 4.92 Å². The summed E-state index contributed by atoms with van der Waals surface area (Å²) in [6.07, 6.45) is 1.58. The van der Waals surface area contributed by atoms with Crippen molar-refractivity contribution in [3.63, 3.8) is 0 Å². The summed E-state index contributed by atoms with van der Waals surface area (Å²) >= 11 is 9.39. The molecule has 0 aliphatic carbocycles. The standard InChI is InChI=1S/C12H12BrClN4O2/c1-12(2,3)10-9(18(19)20)11(14)17(16-10)8-5-4-7(13)6-15-8/h4-6H,1-3H3. The summed E-state index contributed by atoms with van der Waals surface area (Å²) in [7, 11) is 0. The first-order valence-electron chi connectivity index (χ1n) is 5.77. The molecule has 2 aromatic rings. The number of halogens is 2. The minimum absolute atomic E-state index is 0.0465. The fraction of sp³-hybridized carbons (Fsp3) is 0.333. The van der Waals surface area contributed by atoms with Gasteiger partial charge >= 0.3 is 5.69 Å². The molecule has 0 aliphatic heterocycles. The van der Waals surface area contributed by atoms with E-state index in [1.165, 1.54) is 4.68 Å². The van der Waals surface area contributed by atoms with E-state index in [4.69, 9.17) is 11.6 Å². The number of hydrogen-bond acceptors (Lipinski definition) is 4. The van der Waals surface area contributed by atoms with Crippen LogP contribution in [0, 0.1) is 10.1 Å². The van der Waals surface area contributed by atoms with E-state index in [2.05, 4.69) is 26.0 Å². The fourth-order valence-corrected chi connectivity index (χ4v) is 2.22. The van der Waals surface area contributed by atoms with Crippen molar-refractivity contribution in [2.24, 2.45) is 0 Å². The van der Waals surface area contributed by atoms with Crippen LogP contribution in [0.4, 0.5) is 5.69 Å². The van der Waals surface area contributed by atoms with Gasteiger partial charge < -0.3 is 0 Å². The number of rotatable bonds is 2. The van der Waals surface area contributed by atoms with Crippen LogP contribution in [0.15, 0.2) is 22.8 Å². The number of nitrogens with zero attached hydrogens (tertiary/aromatic N) is 4. The molecule has 0 spiro atoms. The van der Waals surface area contributed by atoms with Crippen LogP contribution in [0.2, 0.25) is 5.15 Å². The monoisotopic (exact) mass is 358 g/mol. The number of aromatic nitrogens is 3. The minimum Gasteiger partial charge on any atom is -0.258 e. The summed E-state index contributed by atoms with van der Waals surface area (Å²) in [6, 6.07) is 3.45. The molecule has 0 saturated heterocycles. The fourth-order valence-electron chi connectivity index (χ4n) is 1.70. The molecule has 0 radical (unpaired) electrons. The van der Waals surface area contributed by atoms with Gasteiger partial charge in [-0.1, -0.05) is 32.4 Å². The number of pyridine rings is 1. The van der Waals surface area contributed by atoms with Gasteiger partial charge in [-0.05, 0) is 28.1 Å². The third-order valence-corrected chi connectivity index (χ3v) is 3.44. The Morgan fingerprint density at radius 3 is 2.45 bits per heavy atom. The van der Waals surface area contributed by atoms with Crippen molar-refractivity contribution in [2.45, 2.75) is 26.2 Å². The lowest BCUT2D eigenvalue weighted by molar-refractivity contribution is -0.385. The van der Waals surface area contributed by atoms with Crippen LogP contribution in [0.3, 0.4) is 0 Å². The van der Waals surface area contributed by atoms with Crippen LogP contribution in [0.5, 0.6) is 0 Å². The second-order valence-electron chi connectivity index (χ2n) is 5.24. The maximum absolute atomic E-state index is 11.2. The van der Waals surface area contributed by atoms with Crippen molar-refractivity contribution >= 4 is 33.2 Å². The van der Waals surface area contributed by atoms with Gasteiger partial charge in [-0.2, -0.15) is 9.78 Å². The highest BCUT2D eigenvalue weighted by atomic mass is 79.9. The van der Waals surface area contributed by atoms with E-state index in [0.717, 1.165) is 4.47 Å². The second-order valence-corrected chi connectivity index (χ2v) is 6.52. The van der Waals surface area contributed by atoms with E-state index >= 15 is 0 Å². The molecule has 20 heavy (non-hydrogen) atoms. The molecule has 6 nitrogen and oxygen atoms in total. The van der Waals surface area contributed by atoms with E-state index in [9.17, 15) is 10.1 Å². The Bertz CT molecular complexity index is 661. The van der Waals surface area contributed by atoms with Crippen molar-refractivity contribution in [3.8, 4) is 5.82 Å². The Balaban J connectivity index is 2.67. The average Bonchev–Trinajstić information content (AvgIpc) is 2.68. The summed E-state index contributed by atoms with van der Waals surface area (Å²) in [4.78, 5) is 14.9. The Kier molecular flexibility index (Phi) is 3.84. The van der Waals surface area contributed by atoms with Crippen LogP contribution < -0.4 is 0 Å². The molecule has 0 aromatic carbocycles. The predicted molar refractivity (Wildman–Crippen MR) is 79.4 cm³/mol. The van der Waals surface area contributed by atoms with Gasteiger partial charge in [0.15, 0.2) is 5.82 Å². The molecule has 0 unspecified atom stereocenters. The highest BCUT2D eigenvalue weighted by molar-refractivity contribution is 9.10. The summed E-state index contributed by atoms with van der Waals surface area (Å²) in [5.74, 6) is 0.428. The van der Waals surface area contributed by atoms with E-state index in [1.54, 1.807) is 18.3 Å². The summed E-state index contributed by atoms with van der Waals surface area (Å²) in [5.41, 5.74) is -0.340. The molecule has 106 valence electrons. The lowest BCUT2D eigenvalue weighted by Gasteiger charge is -2.13. The van der Waals surface area contributed by atoms with Gasteiger partial charge in [0.1, 0.15) is 5.69 Å². The van der Waals surface area contributed by atoms with Gasteiger partial charge in [-0.15, -0.1) is 0 Å². The van der Waals surface area contributed by atoms with Gasteiger partial charge in [0.2, 0.25) is 5.15 Å². The largest absolute Gasteiger partial charge is 0.330 e. The van der Waals surface area contributed by atoms with Gasteiger partial charge in [0, 0.05) is 16.1 Å². The molecule has 0 atom stereocenters. The molecule has 0 fully saturated rings. The Labute approximate surface area is 129 Å². The highest BCUT2D eigenvalue weighted by Crippen LogP contribution is 2.37. The molecular formula is C12H12BrClN4O2. The van der Waals surface area contributed by atoms with Crippen molar-refractivity contribution in [1.82, 2.24) is 14.8 Å². The molecule has 0 N–H and O–H groups in total. The van der Waals surface area contributed by atoms with Crippen molar-refractivity contribution in [2.75, 3.05) is 0 Å². The van der Waals surface area contributed by atoms with Crippen LogP contribution in [-0.2, 0) is 5.41 Å². The van der Waals surface area contributed by atoms with Crippen LogP contribution in [0.1, 0.15) is 26.5 Å². The molecular weight excluding hydrogens is 348 g/mol. The van der Waals surface area contributed by atoms with Crippen molar-refractivity contribution in [1.29, 1.82) is 0 Å². The van der Waals surface area contributed by atoms with Crippen LogP contribution in [0.25, 0.3) is 5.82 Å². The molecule has 8 heteroatoms. The van der Waals surface area contributed by atoms with Gasteiger partial charge in [0.25, 0.3) is 0 Å². The SMILES string of the molecule is CC(C)(C)c1nn(-c2ccc(Br)cn2)c(Cl)c1[N+](=O)[O-]. The zero-order chi connectivity index (χ0) is 15.1. The second kappa shape index (κ2) is 5.14. The Hall–Kier alpha value is -1.47. The third-order valence-electron chi connectivity index (χ3n) is 2.63. The maximum atomic E-state index is 11.2. The Morgan fingerprint density at radius 1 is 1.40 bits per heavy atom. The smallest absolute Gasteiger partial charge is 0.258 e. The first kappa shape index (κ1) is 14.9. The lowest BCUT2D eigenvalue weighted by Crippen LogP contribution is -2.14. The van der Waals surface area contributed by atoms with Crippen molar-refractivity contribution in [3.05, 3.63) is 43.8 Å². The number of hydrogen-bond donors (Lipinski definition) is 0. The quantitative estimate of drug-likeness (QED) is 0.602. The molecule has 2 rings (SSSR count). The predicted octanol–water partition coefficient (Wildman–Crippen LogP) is 3.89. The first-order chi connectivity index (χ1) is 9.21. The van der Waals surface area contributed by atoms with E-state index in [1.807, 2.05) is 20.8 Å². The number of nitro groups is 1. The Morgan fingerprint density at radius 2 is 2.05 bits per heavy atom. The zero-order valence-corrected chi connectivity index (χ0v) is 13.4. The van der Waals surface area contributed by atoms with Crippen LogP contribution in [-0.4, -0.2) is 19.7 Å². The topological polar surface area (TPSA) is 73.8 Å². The zero-order valence-electron chi connectivity index (χ0n) is 11.1. The van der Waals surface area contributed by atoms with E-state index in [-0.39, 0.29) is 10.8 Å². The highest BCUT2D eigenvalue weighted by Gasteiger charge is 2.34. The normalized spacial score (nSPS) is 11.7. The van der Waals surface area contributed by atoms with Gasteiger partial charge in [-0.25, -0.2) is 4.98 Å². The lowest BCUT2D eigenvalue weighted by atomic mass is 9.91. The van der Waals surface area contributed by atoms with E-state index < -0.39 is 10.3 Å². The molecule has 0 bridgehead atoms. The molecule has 2 aromatic heterocycles. The molecule has 0 aliphatic rings. The molecule has 2 heterocycles. The van der Waals surface area contributed by atoms with E-state index in [0.29, 0.717) is 11.5 Å². The van der Waals surface area contributed by atoms with Gasteiger partial charge in [0.05, 0.1) is 4.92 Å². The third kappa shape index (κ3) is 2.69. The summed E-state index contributed by atoms with van der Waals surface area (Å²) in [5, 5.41) is 15.4. The minimum atomic E-state index is -0.509. The van der Waals surface area contributed by atoms with Gasteiger partial charge in [-0.3, -0.25) is 10.1 Å². The summed E-state index contributed by atoms with van der Waals surface area (Å²) in [6.45, 7) is 5.54. The first-order valence-corrected chi connectivity index (χ1v) is 6.94.